The normalized spacial score (nSPS) is 15.7. The number of fused-ring (bicyclic) bond motifs is 1. The summed E-state index contributed by atoms with van der Waals surface area (Å²) in [7, 11) is 0. The molecule has 7 nitrogen and oxygen atoms in total. The highest BCUT2D eigenvalue weighted by atomic mass is 16.5. The summed E-state index contributed by atoms with van der Waals surface area (Å²) in [6, 6.07) is 10.4. The molecule has 0 radical (unpaired) electrons. The van der Waals surface area contributed by atoms with E-state index in [-0.39, 0.29) is 11.9 Å². The molecule has 1 aromatic carbocycles. The molecule has 0 bridgehead atoms. The smallest absolute Gasteiger partial charge is 0.232 e. The molecule has 3 N–H and O–H groups in total. The summed E-state index contributed by atoms with van der Waals surface area (Å²) in [4.78, 5) is 4.34. The van der Waals surface area contributed by atoms with E-state index < -0.39 is 0 Å². The number of hydrogen-bond acceptors (Lipinski definition) is 6. The predicted molar refractivity (Wildman–Crippen MR) is 89.0 cm³/mol. The Kier molecular flexibility index (Phi) is 3.70. The molecule has 0 spiro atoms. The molecule has 4 rings (SSSR count). The number of ether oxygens (including phenoxy) is 2. The zero-order valence-electron chi connectivity index (χ0n) is 13.1. The molecule has 2 aromatic heterocycles. The molecular formula is C17H18N4O3. The molecule has 0 atom stereocenters. The summed E-state index contributed by atoms with van der Waals surface area (Å²) in [5.41, 5.74) is 8.22. The van der Waals surface area contributed by atoms with E-state index >= 15 is 0 Å². The molecule has 1 aliphatic rings. The number of anilines is 1. The molecule has 0 aliphatic carbocycles. The summed E-state index contributed by atoms with van der Waals surface area (Å²) in [6.45, 7) is 1.42. The Bertz CT molecular complexity index is 854. The average molecular weight is 326 g/mol. The predicted octanol–water partition coefficient (Wildman–Crippen LogP) is 2.24. The number of phenols is 1. The van der Waals surface area contributed by atoms with Crippen LogP contribution in [0.15, 0.2) is 36.4 Å². The largest absolute Gasteiger partial charge is 0.508 e. The van der Waals surface area contributed by atoms with E-state index in [9.17, 15) is 5.11 Å². The Labute approximate surface area is 138 Å². The second kappa shape index (κ2) is 6.01. The van der Waals surface area contributed by atoms with Gasteiger partial charge >= 0.3 is 0 Å². The van der Waals surface area contributed by atoms with Crippen molar-refractivity contribution in [2.24, 2.45) is 0 Å². The molecular weight excluding hydrogens is 308 g/mol. The third-order valence-corrected chi connectivity index (χ3v) is 4.08. The molecule has 3 heterocycles. The molecule has 1 fully saturated rings. The summed E-state index contributed by atoms with van der Waals surface area (Å²) >= 11 is 0. The summed E-state index contributed by atoms with van der Waals surface area (Å²) in [6.07, 6.45) is 1.83. The highest BCUT2D eigenvalue weighted by molar-refractivity contribution is 5.75. The zero-order chi connectivity index (χ0) is 16.5. The lowest BCUT2D eigenvalue weighted by molar-refractivity contribution is 0.0232. The molecule has 0 saturated carbocycles. The molecule has 24 heavy (non-hydrogen) atoms. The first-order valence-electron chi connectivity index (χ1n) is 7.90. The van der Waals surface area contributed by atoms with Gasteiger partial charge in [0.25, 0.3) is 0 Å². The SMILES string of the molecule is Nc1nc2ccc(OC3CCOCC3)nn2c1-c1ccc(O)cc1. The number of imidazole rings is 1. The van der Waals surface area contributed by atoms with Gasteiger partial charge in [0.05, 0.1) is 13.2 Å². The molecule has 124 valence electrons. The van der Waals surface area contributed by atoms with Crippen molar-refractivity contribution < 1.29 is 14.6 Å². The van der Waals surface area contributed by atoms with E-state index in [0.717, 1.165) is 18.4 Å². The van der Waals surface area contributed by atoms with Crippen molar-refractivity contribution in [3.63, 3.8) is 0 Å². The van der Waals surface area contributed by atoms with Crippen molar-refractivity contribution in [1.29, 1.82) is 0 Å². The number of aromatic hydroxyl groups is 1. The topological polar surface area (TPSA) is 94.9 Å². The van der Waals surface area contributed by atoms with Crippen LogP contribution in [0.4, 0.5) is 5.82 Å². The first-order valence-corrected chi connectivity index (χ1v) is 7.90. The van der Waals surface area contributed by atoms with Gasteiger partial charge in [-0.2, -0.15) is 0 Å². The van der Waals surface area contributed by atoms with E-state index in [1.165, 1.54) is 0 Å². The Morgan fingerprint density at radius 1 is 1.12 bits per heavy atom. The van der Waals surface area contributed by atoms with Crippen LogP contribution in [-0.2, 0) is 4.74 Å². The maximum absolute atomic E-state index is 9.46. The van der Waals surface area contributed by atoms with Crippen LogP contribution in [0.5, 0.6) is 11.6 Å². The second-order valence-corrected chi connectivity index (χ2v) is 5.76. The van der Waals surface area contributed by atoms with E-state index in [0.29, 0.717) is 36.3 Å². The van der Waals surface area contributed by atoms with Gasteiger partial charge in [-0.3, -0.25) is 0 Å². The third kappa shape index (κ3) is 2.74. The quantitative estimate of drug-likeness (QED) is 0.766. The van der Waals surface area contributed by atoms with E-state index in [1.54, 1.807) is 34.8 Å². The summed E-state index contributed by atoms with van der Waals surface area (Å²) in [5.74, 6) is 1.12. The maximum atomic E-state index is 9.46. The Morgan fingerprint density at radius 3 is 2.62 bits per heavy atom. The molecule has 0 amide bonds. The lowest BCUT2D eigenvalue weighted by Gasteiger charge is -2.22. The van der Waals surface area contributed by atoms with E-state index in [1.807, 2.05) is 6.07 Å². The summed E-state index contributed by atoms with van der Waals surface area (Å²) in [5, 5.41) is 14.0. The van der Waals surface area contributed by atoms with Crippen LogP contribution in [0.2, 0.25) is 0 Å². The average Bonchev–Trinajstić information content (AvgIpc) is 2.92. The van der Waals surface area contributed by atoms with Gasteiger partial charge in [-0.15, -0.1) is 5.10 Å². The fourth-order valence-electron chi connectivity index (χ4n) is 2.85. The van der Waals surface area contributed by atoms with Gasteiger partial charge in [-0.25, -0.2) is 9.50 Å². The highest BCUT2D eigenvalue weighted by Crippen LogP contribution is 2.28. The number of phenolic OH excluding ortho intramolecular Hbond substituents is 1. The highest BCUT2D eigenvalue weighted by Gasteiger charge is 2.18. The Morgan fingerprint density at radius 2 is 1.88 bits per heavy atom. The standard InChI is InChI=1S/C17H18N4O3/c18-17-16(11-1-3-12(22)4-2-11)21-14(19-17)5-6-15(20-21)24-13-7-9-23-10-8-13/h1-6,13,22H,7-10,18H2. The van der Waals surface area contributed by atoms with Gasteiger partial charge in [0.15, 0.2) is 11.5 Å². The van der Waals surface area contributed by atoms with Crippen LogP contribution in [0, 0.1) is 0 Å². The van der Waals surface area contributed by atoms with Crippen molar-refractivity contribution in [2.75, 3.05) is 18.9 Å². The van der Waals surface area contributed by atoms with Crippen molar-refractivity contribution >= 4 is 11.5 Å². The Hall–Kier alpha value is -2.80. The number of hydrogen-bond donors (Lipinski definition) is 2. The maximum Gasteiger partial charge on any atom is 0.232 e. The van der Waals surface area contributed by atoms with Crippen molar-refractivity contribution in [1.82, 2.24) is 14.6 Å². The molecule has 1 saturated heterocycles. The lowest BCUT2D eigenvalue weighted by Crippen LogP contribution is -2.26. The van der Waals surface area contributed by atoms with Crippen LogP contribution < -0.4 is 10.5 Å². The van der Waals surface area contributed by atoms with Gasteiger partial charge in [0.1, 0.15) is 17.5 Å². The molecule has 0 unspecified atom stereocenters. The molecule has 3 aromatic rings. The molecule has 1 aliphatic heterocycles. The first-order chi connectivity index (χ1) is 11.7. The minimum absolute atomic E-state index is 0.113. The van der Waals surface area contributed by atoms with Gasteiger partial charge in [0, 0.05) is 24.5 Å². The van der Waals surface area contributed by atoms with Crippen molar-refractivity contribution in [2.45, 2.75) is 18.9 Å². The van der Waals surface area contributed by atoms with Gasteiger partial charge in [-0.1, -0.05) is 0 Å². The summed E-state index contributed by atoms with van der Waals surface area (Å²) < 4.78 is 13.0. The minimum Gasteiger partial charge on any atom is -0.508 e. The monoisotopic (exact) mass is 326 g/mol. The number of aromatic nitrogens is 3. The number of nitrogens with zero attached hydrogens (tertiary/aromatic N) is 3. The number of rotatable bonds is 3. The van der Waals surface area contributed by atoms with Crippen molar-refractivity contribution in [3.8, 4) is 22.9 Å². The number of nitrogen functional groups attached to an aromatic ring is 1. The van der Waals surface area contributed by atoms with Crippen LogP contribution in [0.25, 0.3) is 16.9 Å². The van der Waals surface area contributed by atoms with Crippen LogP contribution in [0.1, 0.15) is 12.8 Å². The first kappa shape index (κ1) is 14.8. The zero-order valence-corrected chi connectivity index (χ0v) is 13.1. The van der Waals surface area contributed by atoms with E-state index in [2.05, 4.69) is 10.1 Å². The van der Waals surface area contributed by atoms with Crippen molar-refractivity contribution in [3.05, 3.63) is 36.4 Å². The van der Waals surface area contributed by atoms with Crippen LogP contribution >= 0.6 is 0 Å². The Balaban J connectivity index is 1.72. The minimum atomic E-state index is 0.113. The fraction of sp³-hybridized carbons (Fsp3) is 0.294. The fourth-order valence-corrected chi connectivity index (χ4v) is 2.85. The lowest BCUT2D eigenvalue weighted by atomic mass is 10.1. The third-order valence-electron chi connectivity index (χ3n) is 4.08. The van der Waals surface area contributed by atoms with Gasteiger partial charge < -0.3 is 20.3 Å². The number of benzene rings is 1. The second-order valence-electron chi connectivity index (χ2n) is 5.76. The van der Waals surface area contributed by atoms with Gasteiger partial charge in [0.2, 0.25) is 5.88 Å². The molecule has 7 heteroatoms. The number of nitrogens with two attached hydrogens (primary N) is 1. The van der Waals surface area contributed by atoms with Crippen LogP contribution in [-0.4, -0.2) is 39.0 Å². The van der Waals surface area contributed by atoms with Crippen LogP contribution in [0.3, 0.4) is 0 Å². The van der Waals surface area contributed by atoms with E-state index in [4.69, 9.17) is 15.2 Å². The van der Waals surface area contributed by atoms with Gasteiger partial charge in [-0.05, 0) is 30.3 Å².